The van der Waals surface area contributed by atoms with Gasteiger partial charge in [-0.2, -0.15) is 0 Å². The minimum Gasteiger partial charge on any atom is -0.255 e. The van der Waals surface area contributed by atoms with Crippen molar-refractivity contribution in [1.29, 1.82) is 0 Å². The maximum absolute atomic E-state index is 3.07. The Morgan fingerprint density at radius 3 is 2.20 bits per heavy atom. The highest BCUT2D eigenvalue weighted by atomic mass is 31.0. The fourth-order valence-corrected chi connectivity index (χ4v) is 0.636. The molecule has 0 aliphatic rings. The van der Waals surface area contributed by atoms with Gasteiger partial charge in [-0.15, -0.1) is 0 Å². The number of rotatable bonds is 3. The standard InChI is InChI=1S/C7H19N2P/c1-6(5-8-9-10)7(2,3)4/h6,8-9H,5,10H2,1-4H3. The molecule has 2 nitrogen and oxygen atoms in total. The predicted octanol–water partition coefficient (Wildman–Crippen LogP) is 1.55. The molecule has 0 saturated carbocycles. The van der Waals surface area contributed by atoms with Gasteiger partial charge in [-0.3, -0.25) is 5.43 Å². The van der Waals surface area contributed by atoms with Gasteiger partial charge in [-0.1, -0.05) is 37.1 Å². The molecule has 0 aliphatic carbocycles. The van der Waals surface area contributed by atoms with Crippen LogP contribution in [0.15, 0.2) is 0 Å². The first-order valence-corrected chi connectivity index (χ1v) is 4.24. The summed E-state index contributed by atoms with van der Waals surface area (Å²) in [6.07, 6.45) is 0. The van der Waals surface area contributed by atoms with Crippen LogP contribution in [-0.4, -0.2) is 6.54 Å². The zero-order valence-electron chi connectivity index (χ0n) is 7.36. The van der Waals surface area contributed by atoms with Crippen molar-refractivity contribution in [3.05, 3.63) is 0 Å². The Balaban J connectivity index is 3.52. The summed E-state index contributed by atoms with van der Waals surface area (Å²) in [5.74, 6) is 0.681. The van der Waals surface area contributed by atoms with Gasteiger partial charge in [0.25, 0.3) is 0 Å². The lowest BCUT2D eigenvalue weighted by atomic mass is 9.82. The van der Waals surface area contributed by atoms with Crippen molar-refractivity contribution < 1.29 is 0 Å². The van der Waals surface area contributed by atoms with Crippen LogP contribution >= 0.6 is 9.39 Å². The van der Waals surface area contributed by atoms with E-state index in [1.54, 1.807) is 0 Å². The van der Waals surface area contributed by atoms with Gasteiger partial charge in [0, 0.05) is 6.54 Å². The second kappa shape index (κ2) is 4.27. The normalized spacial score (nSPS) is 15.3. The monoisotopic (exact) mass is 162 g/mol. The van der Waals surface area contributed by atoms with Gasteiger partial charge in [-0.25, -0.2) is 5.20 Å². The van der Waals surface area contributed by atoms with Crippen LogP contribution in [0.1, 0.15) is 27.7 Å². The topological polar surface area (TPSA) is 24.1 Å². The Bertz CT molecular complexity index is 88.1. The first kappa shape index (κ1) is 10.3. The van der Waals surface area contributed by atoms with Crippen LogP contribution in [0.2, 0.25) is 0 Å². The fraction of sp³-hybridized carbons (Fsp3) is 1.00. The van der Waals surface area contributed by atoms with E-state index in [0.717, 1.165) is 6.54 Å². The van der Waals surface area contributed by atoms with E-state index in [4.69, 9.17) is 0 Å². The quantitative estimate of drug-likeness (QED) is 0.486. The zero-order chi connectivity index (χ0) is 8.20. The second-order valence-electron chi connectivity index (χ2n) is 3.79. The summed E-state index contributed by atoms with van der Waals surface area (Å²) in [6, 6.07) is 0. The highest BCUT2D eigenvalue weighted by Gasteiger charge is 2.18. The Morgan fingerprint density at radius 1 is 1.40 bits per heavy atom. The van der Waals surface area contributed by atoms with Gasteiger partial charge >= 0.3 is 0 Å². The average molecular weight is 162 g/mol. The van der Waals surface area contributed by atoms with Crippen LogP contribution in [0.25, 0.3) is 0 Å². The summed E-state index contributed by atoms with van der Waals surface area (Å²) < 4.78 is 0. The predicted molar refractivity (Wildman–Crippen MR) is 49.5 cm³/mol. The summed E-state index contributed by atoms with van der Waals surface area (Å²) in [6.45, 7) is 10.0. The van der Waals surface area contributed by atoms with Crippen molar-refractivity contribution in [2.45, 2.75) is 27.7 Å². The summed E-state index contributed by atoms with van der Waals surface area (Å²) >= 11 is 0. The van der Waals surface area contributed by atoms with Crippen LogP contribution < -0.4 is 10.6 Å². The molecule has 62 valence electrons. The maximum atomic E-state index is 3.07. The average Bonchev–Trinajstić information content (AvgIpc) is 1.80. The molecule has 2 N–H and O–H groups in total. The van der Waals surface area contributed by atoms with E-state index in [-0.39, 0.29) is 0 Å². The minimum absolute atomic E-state index is 0.397. The molecule has 0 spiro atoms. The summed E-state index contributed by atoms with van der Waals surface area (Å²) in [5.41, 5.74) is 3.46. The van der Waals surface area contributed by atoms with Crippen molar-refractivity contribution in [3.63, 3.8) is 0 Å². The third kappa shape index (κ3) is 4.21. The Hall–Kier alpha value is 0.350. The lowest BCUT2D eigenvalue weighted by molar-refractivity contribution is 0.251. The first-order chi connectivity index (χ1) is 4.48. The van der Waals surface area contributed by atoms with Crippen molar-refractivity contribution in [2.24, 2.45) is 11.3 Å². The number of nitrogens with one attached hydrogen (secondary N) is 2. The summed E-state index contributed by atoms with van der Waals surface area (Å²) in [4.78, 5) is 0. The van der Waals surface area contributed by atoms with Crippen molar-refractivity contribution >= 4 is 9.39 Å². The van der Waals surface area contributed by atoms with E-state index in [1.165, 1.54) is 0 Å². The number of hydrazine groups is 1. The molecule has 0 aromatic carbocycles. The Morgan fingerprint density at radius 2 is 1.90 bits per heavy atom. The van der Waals surface area contributed by atoms with E-state index < -0.39 is 0 Å². The lowest BCUT2D eigenvalue weighted by Crippen LogP contribution is -2.33. The van der Waals surface area contributed by atoms with Gasteiger partial charge in [-0.05, 0) is 11.3 Å². The number of hydrogen-bond donors (Lipinski definition) is 2. The zero-order valence-corrected chi connectivity index (χ0v) is 8.52. The molecule has 0 fully saturated rings. The van der Waals surface area contributed by atoms with Gasteiger partial charge in [0.05, 0.1) is 0 Å². The minimum atomic E-state index is 0.397. The molecule has 0 bridgehead atoms. The molecule has 0 heterocycles. The Labute approximate surface area is 66.4 Å². The van der Waals surface area contributed by atoms with Crippen molar-refractivity contribution in [1.82, 2.24) is 10.6 Å². The van der Waals surface area contributed by atoms with Crippen LogP contribution in [0.4, 0.5) is 0 Å². The highest BCUT2D eigenvalue weighted by molar-refractivity contribution is 7.13. The largest absolute Gasteiger partial charge is 0.255 e. The van der Waals surface area contributed by atoms with Gasteiger partial charge in [0.15, 0.2) is 0 Å². The lowest BCUT2D eigenvalue weighted by Gasteiger charge is -2.27. The molecular formula is C7H19N2P. The van der Waals surface area contributed by atoms with E-state index in [1.807, 2.05) is 0 Å². The molecule has 0 rings (SSSR count). The Kier molecular flexibility index (Phi) is 4.42. The van der Waals surface area contributed by atoms with Gasteiger partial charge in [0.1, 0.15) is 0 Å². The van der Waals surface area contributed by atoms with E-state index >= 15 is 0 Å². The molecule has 0 radical (unpaired) electrons. The van der Waals surface area contributed by atoms with E-state index in [0.29, 0.717) is 11.3 Å². The molecular weight excluding hydrogens is 143 g/mol. The second-order valence-corrected chi connectivity index (χ2v) is 4.08. The molecule has 3 heteroatoms. The summed E-state index contributed by atoms with van der Waals surface area (Å²) in [7, 11) is 2.42. The molecule has 0 aromatic rings. The van der Waals surface area contributed by atoms with Crippen LogP contribution in [0.5, 0.6) is 0 Å². The molecule has 0 amide bonds. The van der Waals surface area contributed by atoms with E-state index in [9.17, 15) is 0 Å². The third-order valence-electron chi connectivity index (χ3n) is 1.99. The SMILES string of the molecule is CC(CNNP)C(C)(C)C. The first-order valence-electron chi connectivity index (χ1n) is 3.67. The fourth-order valence-electron chi connectivity index (χ4n) is 0.518. The molecule has 10 heavy (non-hydrogen) atoms. The maximum Gasteiger partial charge on any atom is 0.0133 e. The third-order valence-corrected chi connectivity index (χ3v) is 2.19. The summed E-state index contributed by atoms with van der Waals surface area (Å²) in [5, 5.41) is 2.84. The van der Waals surface area contributed by atoms with Crippen LogP contribution in [0.3, 0.4) is 0 Å². The highest BCUT2D eigenvalue weighted by Crippen LogP contribution is 2.23. The smallest absolute Gasteiger partial charge is 0.0133 e. The van der Waals surface area contributed by atoms with Gasteiger partial charge in [0.2, 0.25) is 0 Å². The number of hydrogen-bond acceptors (Lipinski definition) is 2. The molecule has 2 unspecified atom stereocenters. The molecule has 0 aliphatic heterocycles. The van der Waals surface area contributed by atoms with Crippen molar-refractivity contribution in [2.75, 3.05) is 6.54 Å². The van der Waals surface area contributed by atoms with Crippen molar-refractivity contribution in [3.8, 4) is 0 Å². The molecule has 0 aromatic heterocycles. The molecule has 2 atom stereocenters. The van der Waals surface area contributed by atoms with E-state index in [2.05, 4.69) is 47.7 Å². The van der Waals surface area contributed by atoms with Crippen LogP contribution in [0, 0.1) is 11.3 Å². The van der Waals surface area contributed by atoms with Crippen LogP contribution in [-0.2, 0) is 0 Å². The molecule has 0 saturated heterocycles. The van der Waals surface area contributed by atoms with Gasteiger partial charge < -0.3 is 0 Å².